The Labute approximate surface area is 144 Å². The van der Waals surface area contributed by atoms with Crippen molar-refractivity contribution < 1.29 is 14.6 Å². The van der Waals surface area contributed by atoms with Gasteiger partial charge in [-0.2, -0.15) is 0 Å². The molecule has 1 aromatic rings. The molecule has 1 N–H and O–H groups in total. The Balaban J connectivity index is 1.89. The number of aliphatic hydroxyl groups is 1. The molecule has 1 aliphatic heterocycles. The van der Waals surface area contributed by atoms with E-state index in [9.17, 15) is 9.90 Å². The smallest absolute Gasteiger partial charge is 0.410 e. The van der Waals surface area contributed by atoms with Crippen LogP contribution < -0.4 is 0 Å². The Hall–Kier alpha value is -0.680. The molecule has 1 fully saturated rings. The van der Waals surface area contributed by atoms with Gasteiger partial charge in [0.15, 0.2) is 0 Å². The van der Waals surface area contributed by atoms with Crippen LogP contribution in [0.2, 0.25) is 0 Å². The number of carbonyl (C=O) groups is 1. The number of rotatable bonds is 2. The average molecular weight is 367 g/mol. The van der Waals surface area contributed by atoms with Crippen LogP contribution in [-0.2, 0) is 11.3 Å². The number of nitrogens with zero attached hydrogens (tertiary/aromatic N) is 1. The highest BCUT2D eigenvalue weighted by atomic mass is 35.6. The lowest BCUT2D eigenvalue weighted by Gasteiger charge is -2.33. The van der Waals surface area contributed by atoms with Gasteiger partial charge in [-0.3, -0.25) is 0 Å². The van der Waals surface area contributed by atoms with Gasteiger partial charge in [-0.05, 0) is 24.8 Å². The van der Waals surface area contributed by atoms with Crippen LogP contribution in [0, 0.1) is 0 Å². The van der Waals surface area contributed by atoms with Crippen molar-refractivity contribution in [1.29, 1.82) is 0 Å². The van der Waals surface area contributed by atoms with E-state index in [2.05, 4.69) is 0 Å². The lowest BCUT2D eigenvalue weighted by molar-refractivity contribution is 0.0284. The van der Waals surface area contributed by atoms with E-state index in [1.165, 1.54) is 4.90 Å². The molecule has 122 valence electrons. The summed E-state index contributed by atoms with van der Waals surface area (Å²) in [5.74, 6) is 0. The Bertz CT molecular complexity index is 507. The predicted molar refractivity (Wildman–Crippen MR) is 87.3 cm³/mol. The average Bonchev–Trinajstić information content (AvgIpc) is 2.68. The number of benzene rings is 1. The largest absolute Gasteiger partial charge is 0.445 e. The topological polar surface area (TPSA) is 49.8 Å². The minimum Gasteiger partial charge on any atom is -0.445 e. The first-order valence-electron chi connectivity index (χ1n) is 7.06. The van der Waals surface area contributed by atoms with Crippen LogP contribution in [0.25, 0.3) is 0 Å². The number of halogens is 3. The van der Waals surface area contributed by atoms with E-state index in [4.69, 9.17) is 39.5 Å². The van der Waals surface area contributed by atoms with Crippen LogP contribution in [0.1, 0.15) is 24.8 Å². The maximum Gasteiger partial charge on any atom is 0.410 e. The van der Waals surface area contributed by atoms with Gasteiger partial charge in [0.25, 0.3) is 0 Å². The summed E-state index contributed by atoms with van der Waals surface area (Å²) in [5.41, 5.74) is -0.505. The summed E-state index contributed by atoms with van der Waals surface area (Å²) in [5, 5.41) is 10.4. The zero-order valence-electron chi connectivity index (χ0n) is 12.0. The van der Waals surface area contributed by atoms with Crippen LogP contribution in [0.5, 0.6) is 0 Å². The van der Waals surface area contributed by atoms with E-state index in [-0.39, 0.29) is 19.6 Å². The number of hydrogen-bond acceptors (Lipinski definition) is 3. The second-order valence-corrected chi connectivity index (χ2v) is 7.69. The lowest BCUT2D eigenvalue weighted by atomic mass is 9.97. The van der Waals surface area contributed by atoms with E-state index in [0.717, 1.165) is 5.56 Å². The Kier molecular flexibility index (Phi) is 5.83. The zero-order chi connectivity index (χ0) is 16.2. The Morgan fingerprint density at radius 3 is 2.55 bits per heavy atom. The van der Waals surface area contributed by atoms with Gasteiger partial charge >= 0.3 is 6.09 Å². The summed E-state index contributed by atoms with van der Waals surface area (Å²) in [6.45, 7) is 0.972. The quantitative estimate of drug-likeness (QED) is 0.807. The van der Waals surface area contributed by atoms with Gasteiger partial charge in [0, 0.05) is 13.1 Å². The fourth-order valence-corrected chi connectivity index (χ4v) is 2.96. The van der Waals surface area contributed by atoms with Crippen molar-refractivity contribution in [3.05, 3.63) is 35.9 Å². The summed E-state index contributed by atoms with van der Waals surface area (Å²) in [4.78, 5) is 13.6. The molecule has 2 rings (SSSR count). The van der Waals surface area contributed by atoms with Gasteiger partial charge in [-0.1, -0.05) is 65.1 Å². The third kappa shape index (κ3) is 4.42. The number of likely N-dealkylation sites (tertiary alicyclic amines) is 1. The fourth-order valence-electron chi connectivity index (χ4n) is 2.40. The van der Waals surface area contributed by atoms with Crippen LogP contribution in [0.3, 0.4) is 0 Å². The normalized spacial score (nSPS) is 23.0. The van der Waals surface area contributed by atoms with Gasteiger partial charge in [0.1, 0.15) is 12.2 Å². The minimum absolute atomic E-state index is 0.198. The maximum absolute atomic E-state index is 12.1. The van der Waals surface area contributed by atoms with Crippen LogP contribution >= 0.6 is 34.8 Å². The summed E-state index contributed by atoms with van der Waals surface area (Å²) < 4.78 is 3.52. The van der Waals surface area contributed by atoms with E-state index >= 15 is 0 Å². The van der Waals surface area contributed by atoms with Crippen molar-refractivity contribution in [2.45, 2.75) is 35.3 Å². The monoisotopic (exact) mass is 365 g/mol. The highest BCUT2D eigenvalue weighted by molar-refractivity contribution is 6.68. The molecule has 7 heteroatoms. The third-order valence-electron chi connectivity index (χ3n) is 3.80. The minimum atomic E-state index is -1.77. The molecular weight excluding hydrogens is 349 g/mol. The molecule has 1 amide bonds. The van der Waals surface area contributed by atoms with Crippen molar-refractivity contribution in [3.8, 4) is 0 Å². The highest BCUT2D eigenvalue weighted by Gasteiger charge is 2.47. The van der Waals surface area contributed by atoms with Crippen LogP contribution in [0.4, 0.5) is 4.79 Å². The summed E-state index contributed by atoms with van der Waals surface area (Å²) in [6.07, 6.45) is 0.651. The second-order valence-electron chi connectivity index (χ2n) is 5.41. The third-order valence-corrected chi connectivity index (χ3v) is 4.86. The number of amides is 1. The number of carbonyl (C=O) groups excluding carboxylic acids is 1. The molecule has 0 aromatic heterocycles. The molecule has 1 saturated heterocycles. The van der Waals surface area contributed by atoms with Crippen LogP contribution in [-0.4, -0.2) is 38.6 Å². The molecule has 1 aliphatic rings. The molecule has 0 aliphatic carbocycles. The van der Waals surface area contributed by atoms with Gasteiger partial charge in [-0.15, -0.1) is 0 Å². The first kappa shape index (κ1) is 17.7. The predicted octanol–water partition coefficient (Wildman–Crippen LogP) is 3.91. The van der Waals surface area contributed by atoms with Crippen molar-refractivity contribution >= 4 is 40.9 Å². The van der Waals surface area contributed by atoms with Gasteiger partial charge in [0.2, 0.25) is 3.79 Å². The van der Waals surface area contributed by atoms with Crippen LogP contribution in [0.15, 0.2) is 30.3 Å². The van der Waals surface area contributed by atoms with Crippen molar-refractivity contribution in [2.75, 3.05) is 13.1 Å². The molecule has 1 heterocycles. The van der Waals surface area contributed by atoms with E-state index < -0.39 is 15.5 Å². The lowest BCUT2D eigenvalue weighted by Crippen LogP contribution is -2.44. The molecule has 0 radical (unpaired) electrons. The Morgan fingerprint density at radius 2 is 1.91 bits per heavy atom. The summed E-state index contributed by atoms with van der Waals surface area (Å²) in [6, 6.07) is 9.44. The van der Waals surface area contributed by atoms with Gasteiger partial charge in [-0.25, -0.2) is 4.79 Å². The molecular formula is C15H18Cl3NO3. The molecule has 0 bridgehead atoms. The molecule has 1 aromatic carbocycles. The number of alkyl halides is 3. The standard InChI is InChI=1S/C15H18Cl3NO3/c16-15(17,18)14(21)7-4-9-19(10-8-14)13(20)22-11-12-5-2-1-3-6-12/h1-3,5-6,21H,4,7-11H2. The molecule has 1 unspecified atom stereocenters. The van der Waals surface area contributed by atoms with Crippen molar-refractivity contribution in [1.82, 2.24) is 4.90 Å². The van der Waals surface area contributed by atoms with E-state index in [0.29, 0.717) is 19.4 Å². The van der Waals surface area contributed by atoms with Gasteiger partial charge < -0.3 is 14.7 Å². The summed E-state index contributed by atoms with van der Waals surface area (Å²) in [7, 11) is 0. The molecule has 4 nitrogen and oxygen atoms in total. The Morgan fingerprint density at radius 1 is 1.23 bits per heavy atom. The van der Waals surface area contributed by atoms with Gasteiger partial charge in [0.05, 0.1) is 0 Å². The molecule has 0 spiro atoms. The van der Waals surface area contributed by atoms with Crippen molar-refractivity contribution in [2.24, 2.45) is 0 Å². The first-order chi connectivity index (χ1) is 10.3. The molecule has 22 heavy (non-hydrogen) atoms. The SMILES string of the molecule is O=C(OCc1ccccc1)N1CCCC(O)(C(Cl)(Cl)Cl)CC1. The molecule has 0 saturated carbocycles. The van der Waals surface area contributed by atoms with E-state index in [1.807, 2.05) is 30.3 Å². The first-order valence-corrected chi connectivity index (χ1v) is 8.20. The fraction of sp³-hybridized carbons (Fsp3) is 0.533. The van der Waals surface area contributed by atoms with E-state index in [1.54, 1.807) is 0 Å². The molecule has 1 atom stereocenters. The number of ether oxygens (including phenoxy) is 1. The van der Waals surface area contributed by atoms with Crippen molar-refractivity contribution in [3.63, 3.8) is 0 Å². The number of hydrogen-bond donors (Lipinski definition) is 1. The maximum atomic E-state index is 12.1. The zero-order valence-corrected chi connectivity index (χ0v) is 14.2. The summed E-state index contributed by atoms with van der Waals surface area (Å²) >= 11 is 17.5. The highest BCUT2D eigenvalue weighted by Crippen LogP contribution is 2.44. The second kappa shape index (κ2) is 7.26.